The Morgan fingerprint density at radius 3 is 2.62 bits per heavy atom. The van der Waals surface area contributed by atoms with Crippen molar-refractivity contribution < 1.29 is 4.74 Å². The summed E-state index contributed by atoms with van der Waals surface area (Å²) in [4.78, 5) is 4.62. The lowest BCUT2D eigenvalue weighted by molar-refractivity contribution is 0.145. The van der Waals surface area contributed by atoms with Crippen LogP contribution >= 0.6 is 24.0 Å². The third kappa shape index (κ3) is 8.93. The predicted octanol–water partition coefficient (Wildman–Crippen LogP) is 3.09. The first-order valence-corrected chi connectivity index (χ1v) is 7.42. The van der Waals surface area contributed by atoms with Gasteiger partial charge in [-0.1, -0.05) is 24.3 Å². The van der Waals surface area contributed by atoms with Crippen LogP contribution in [0.15, 0.2) is 29.3 Å². The van der Waals surface area contributed by atoms with Gasteiger partial charge in [-0.05, 0) is 38.3 Å². The van der Waals surface area contributed by atoms with Gasteiger partial charge >= 0.3 is 0 Å². The summed E-state index contributed by atoms with van der Waals surface area (Å²) in [6, 6.07) is 8.35. The van der Waals surface area contributed by atoms with E-state index in [9.17, 15) is 0 Å². The van der Waals surface area contributed by atoms with Crippen molar-refractivity contribution in [3.05, 3.63) is 35.4 Å². The van der Waals surface area contributed by atoms with Gasteiger partial charge in [0.15, 0.2) is 5.96 Å². The predicted molar refractivity (Wildman–Crippen MR) is 101 cm³/mol. The van der Waals surface area contributed by atoms with Gasteiger partial charge in [0.1, 0.15) is 0 Å². The maximum atomic E-state index is 5.32. The highest BCUT2D eigenvalue weighted by Crippen LogP contribution is 2.07. The number of aryl methyl sites for hydroxylation is 1. The van der Waals surface area contributed by atoms with Gasteiger partial charge in [-0.25, -0.2) is 4.99 Å². The van der Waals surface area contributed by atoms with E-state index in [1.807, 2.05) is 6.92 Å². The molecule has 1 rings (SSSR count). The number of hydrogen-bond donors (Lipinski definition) is 2. The van der Waals surface area contributed by atoms with Crippen molar-refractivity contribution in [2.24, 2.45) is 4.99 Å². The summed E-state index contributed by atoms with van der Waals surface area (Å²) >= 11 is 0. The van der Waals surface area contributed by atoms with Crippen molar-refractivity contribution in [3.8, 4) is 0 Å². The molecular formula is C16H28IN3O. The summed E-state index contributed by atoms with van der Waals surface area (Å²) in [5.41, 5.74) is 2.54. The molecule has 0 fully saturated rings. The lowest BCUT2D eigenvalue weighted by atomic mass is 10.1. The van der Waals surface area contributed by atoms with Crippen LogP contribution in [-0.4, -0.2) is 32.3 Å². The number of hydrogen-bond acceptors (Lipinski definition) is 2. The molecular weight excluding hydrogens is 377 g/mol. The van der Waals surface area contributed by atoms with Gasteiger partial charge < -0.3 is 15.4 Å². The average Bonchev–Trinajstić information content (AvgIpc) is 2.46. The summed E-state index contributed by atoms with van der Waals surface area (Å²) < 4.78 is 5.32. The zero-order valence-electron chi connectivity index (χ0n) is 13.3. The number of halogens is 1. The number of nitrogens with zero attached hydrogens (tertiary/aromatic N) is 1. The number of benzene rings is 1. The van der Waals surface area contributed by atoms with Crippen LogP contribution in [0, 0.1) is 6.92 Å². The van der Waals surface area contributed by atoms with E-state index in [0.29, 0.717) is 6.54 Å². The molecule has 1 aromatic rings. The highest BCUT2D eigenvalue weighted by Gasteiger charge is 1.99. The Labute approximate surface area is 145 Å². The molecule has 1 aromatic carbocycles. The number of nitrogens with one attached hydrogen (secondary N) is 2. The molecule has 0 radical (unpaired) electrons. The quantitative estimate of drug-likeness (QED) is 0.303. The molecule has 0 saturated carbocycles. The molecule has 0 heterocycles. The molecule has 0 aromatic heterocycles. The smallest absolute Gasteiger partial charge is 0.191 e. The van der Waals surface area contributed by atoms with Crippen LogP contribution in [0.5, 0.6) is 0 Å². The normalized spacial score (nSPS) is 10.9. The Bertz CT molecular complexity index is 410. The fourth-order valence-corrected chi connectivity index (χ4v) is 1.82. The van der Waals surface area contributed by atoms with E-state index in [0.717, 1.165) is 38.7 Å². The molecule has 0 spiro atoms. The van der Waals surface area contributed by atoms with Crippen molar-refractivity contribution in [2.75, 3.05) is 26.3 Å². The maximum Gasteiger partial charge on any atom is 0.191 e. The maximum absolute atomic E-state index is 5.32. The van der Waals surface area contributed by atoms with E-state index in [1.54, 1.807) is 0 Å². The molecule has 5 heteroatoms. The van der Waals surface area contributed by atoms with Crippen LogP contribution in [0.2, 0.25) is 0 Å². The molecule has 120 valence electrons. The Morgan fingerprint density at radius 1 is 1.19 bits per heavy atom. The fraction of sp³-hybridized carbons (Fsp3) is 0.562. The van der Waals surface area contributed by atoms with Crippen LogP contribution in [-0.2, 0) is 11.3 Å². The van der Waals surface area contributed by atoms with Crippen molar-refractivity contribution >= 4 is 29.9 Å². The fourth-order valence-electron chi connectivity index (χ4n) is 1.82. The number of guanidine groups is 1. The van der Waals surface area contributed by atoms with E-state index in [1.165, 1.54) is 11.1 Å². The van der Waals surface area contributed by atoms with Crippen LogP contribution < -0.4 is 10.6 Å². The van der Waals surface area contributed by atoms with Gasteiger partial charge in [0.25, 0.3) is 0 Å². The molecule has 0 atom stereocenters. The Balaban J connectivity index is 0.00000400. The van der Waals surface area contributed by atoms with Crippen molar-refractivity contribution in [1.82, 2.24) is 10.6 Å². The zero-order valence-corrected chi connectivity index (χ0v) is 15.6. The second-order valence-corrected chi connectivity index (χ2v) is 4.60. The van der Waals surface area contributed by atoms with Crippen LogP contribution in [0.3, 0.4) is 0 Å². The van der Waals surface area contributed by atoms with E-state index in [2.05, 4.69) is 53.7 Å². The van der Waals surface area contributed by atoms with Crippen molar-refractivity contribution in [2.45, 2.75) is 33.7 Å². The third-order valence-electron chi connectivity index (χ3n) is 2.98. The van der Waals surface area contributed by atoms with Gasteiger partial charge in [-0.3, -0.25) is 0 Å². The second kappa shape index (κ2) is 12.9. The van der Waals surface area contributed by atoms with Crippen molar-refractivity contribution in [3.63, 3.8) is 0 Å². The molecule has 0 amide bonds. The molecule has 0 aliphatic heterocycles. The standard InChI is InChI=1S/C16H27N3O.HI/c1-4-17-16(18-11-8-12-20-5-2)19-13-15-10-7-6-9-14(15)3;/h6-7,9-10H,4-5,8,11-13H2,1-3H3,(H2,17,18,19);1H. The summed E-state index contributed by atoms with van der Waals surface area (Å²) in [7, 11) is 0. The Kier molecular flexibility index (Phi) is 12.4. The van der Waals surface area contributed by atoms with E-state index < -0.39 is 0 Å². The first-order valence-electron chi connectivity index (χ1n) is 7.42. The molecule has 2 N–H and O–H groups in total. The Hall–Kier alpha value is -0.820. The highest BCUT2D eigenvalue weighted by molar-refractivity contribution is 14.0. The minimum atomic E-state index is 0. The lowest BCUT2D eigenvalue weighted by Gasteiger charge is -2.11. The van der Waals surface area contributed by atoms with E-state index in [4.69, 9.17) is 4.74 Å². The Morgan fingerprint density at radius 2 is 1.95 bits per heavy atom. The molecule has 4 nitrogen and oxygen atoms in total. The van der Waals surface area contributed by atoms with Gasteiger partial charge in [0, 0.05) is 26.3 Å². The summed E-state index contributed by atoms with van der Waals surface area (Å²) in [5, 5.41) is 6.59. The van der Waals surface area contributed by atoms with Crippen LogP contribution in [0.25, 0.3) is 0 Å². The van der Waals surface area contributed by atoms with Gasteiger partial charge in [0.05, 0.1) is 6.54 Å². The molecule has 21 heavy (non-hydrogen) atoms. The highest BCUT2D eigenvalue weighted by atomic mass is 127. The third-order valence-corrected chi connectivity index (χ3v) is 2.98. The number of aliphatic imine (C=N–C) groups is 1. The minimum Gasteiger partial charge on any atom is -0.382 e. The second-order valence-electron chi connectivity index (χ2n) is 4.60. The number of rotatable bonds is 8. The SMILES string of the molecule is CCNC(=NCc1ccccc1C)NCCCOCC.I. The molecule has 0 unspecified atom stereocenters. The summed E-state index contributed by atoms with van der Waals surface area (Å²) in [6.45, 7) is 10.2. The van der Waals surface area contributed by atoms with Gasteiger partial charge in [-0.15, -0.1) is 24.0 Å². The molecule has 0 aliphatic carbocycles. The largest absolute Gasteiger partial charge is 0.382 e. The van der Waals surface area contributed by atoms with Crippen LogP contribution in [0.4, 0.5) is 0 Å². The molecule has 0 saturated heterocycles. The van der Waals surface area contributed by atoms with Crippen molar-refractivity contribution in [1.29, 1.82) is 0 Å². The van der Waals surface area contributed by atoms with E-state index >= 15 is 0 Å². The average molecular weight is 405 g/mol. The first kappa shape index (κ1) is 20.2. The van der Waals surface area contributed by atoms with E-state index in [-0.39, 0.29) is 24.0 Å². The minimum absolute atomic E-state index is 0. The van der Waals surface area contributed by atoms with Gasteiger partial charge in [-0.2, -0.15) is 0 Å². The summed E-state index contributed by atoms with van der Waals surface area (Å²) in [6.07, 6.45) is 0.989. The van der Waals surface area contributed by atoms with Gasteiger partial charge in [0.2, 0.25) is 0 Å². The lowest BCUT2D eigenvalue weighted by Crippen LogP contribution is -2.38. The number of ether oxygens (including phenoxy) is 1. The molecule has 0 aliphatic rings. The monoisotopic (exact) mass is 405 g/mol. The summed E-state index contributed by atoms with van der Waals surface area (Å²) in [5.74, 6) is 0.868. The first-order chi connectivity index (χ1) is 9.77. The zero-order chi connectivity index (χ0) is 14.6. The molecule has 0 bridgehead atoms. The van der Waals surface area contributed by atoms with Crippen LogP contribution in [0.1, 0.15) is 31.4 Å². The topological polar surface area (TPSA) is 45.7 Å².